The van der Waals surface area contributed by atoms with E-state index in [9.17, 15) is 0 Å². The van der Waals surface area contributed by atoms with E-state index in [0.717, 1.165) is 56.3 Å². The lowest BCUT2D eigenvalue weighted by Crippen LogP contribution is -2.31. The number of methoxy groups -OCH3 is 2. The van der Waals surface area contributed by atoms with Gasteiger partial charge in [0.05, 0.1) is 26.7 Å². The molecule has 3 rings (SSSR count). The molecule has 0 amide bonds. The van der Waals surface area contributed by atoms with Crippen LogP contribution in [0.25, 0.3) is 0 Å². The maximum Gasteiger partial charge on any atom is 0.161 e. The number of H-pyrrole nitrogens is 1. The highest BCUT2D eigenvalue weighted by Crippen LogP contribution is 2.28. The Kier molecular flexibility index (Phi) is 5.72. The van der Waals surface area contributed by atoms with Gasteiger partial charge in [0.15, 0.2) is 11.5 Å². The van der Waals surface area contributed by atoms with Gasteiger partial charge in [0.25, 0.3) is 0 Å². The standard InChI is InChI=1S/C18H25N3O3/c1-22-17-6-5-14(8-18(17)23-2)10-21(11-15-9-19-13-20-15)12-16-4-3-7-24-16/h5-6,8-9,13,16H,3-4,7,10-12H2,1-2H3,(H,19,20). The van der Waals surface area contributed by atoms with E-state index in [2.05, 4.69) is 20.9 Å². The smallest absolute Gasteiger partial charge is 0.161 e. The molecule has 1 aliphatic heterocycles. The second-order valence-corrected chi connectivity index (χ2v) is 6.07. The van der Waals surface area contributed by atoms with Gasteiger partial charge in [-0.15, -0.1) is 0 Å². The van der Waals surface area contributed by atoms with Crippen LogP contribution in [0.15, 0.2) is 30.7 Å². The molecule has 1 saturated heterocycles. The minimum absolute atomic E-state index is 0.313. The fourth-order valence-electron chi connectivity index (χ4n) is 3.11. The molecule has 0 saturated carbocycles. The molecule has 24 heavy (non-hydrogen) atoms. The van der Waals surface area contributed by atoms with Gasteiger partial charge in [0, 0.05) is 38.1 Å². The van der Waals surface area contributed by atoms with Crippen LogP contribution in [0, 0.1) is 0 Å². The van der Waals surface area contributed by atoms with Gasteiger partial charge in [-0.1, -0.05) is 6.07 Å². The predicted molar refractivity (Wildman–Crippen MR) is 91.2 cm³/mol. The van der Waals surface area contributed by atoms with Crippen molar-refractivity contribution in [1.29, 1.82) is 0 Å². The number of aromatic amines is 1. The van der Waals surface area contributed by atoms with E-state index in [4.69, 9.17) is 14.2 Å². The fraction of sp³-hybridized carbons (Fsp3) is 0.500. The summed E-state index contributed by atoms with van der Waals surface area (Å²) in [5.74, 6) is 1.51. The van der Waals surface area contributed by atoms with Crippen LogP contribution in [-0.4, -0.2) is 48.3 Å². The number of hydrogen-bond donors (Lipinski definition) is 1. The van der Waals surface area contributed by atoms with Crippen molar-refractivity contribution in [2.24, 2.45) is 0 Å². The van der Waals surface area contributed by atoms with Crippen molar-refractivity contribution in [3.63, 3.8) is 0 Å². The molecule has 2 aromatic rings. The summed E-state index contributed by atoms with van der Waals surface area (Å²) < 4.78 is 16.5. The summed E-state index contributed by atoms with van der Waals surface area (Å²) >= 11 is 0. The summed E-state index contributed by atoms with van der Waals surface area (Å²) in [6.07, 6.45) is 6.19. The Morgan fingerprint density at radius 2 is 2.12 bits per heavy atom. The van der Waals surface area contributed by atoms with E-state index in [-0.39, 0.29) is 0 Å². The number of hydrogen-bond acceptors (Lipinski definition) is 5. The number of imidazole rings is 1. The predicted octanol–water partition coefficient (Wildman–Crippen LogP) is 2.61. The largest absolute Gasteiger partial charge is 0.493 e. The number of benzene rings is 1. The van der Waals surface area contributed by atoms with Crippen LogP contribution in [0.3, 0.4) is 0 Å². The van der Waals surface area contributed by atoms with Gasteiger partial charge in [-0.2, -0.15) is 0 Å². The Morgan fingerprint density at radius 3 is 2.79 bits per heavy atom. The van der Waals surface area contributed by atoms with Crippen LogP contribution in [0.2, 0.25) is 0 Å². The molecule has 0 radical (unpaired) electrons. The van der Waals surface area contributed by atoms with Gasteiger partial charge < -0.3 is 19.2 Å². The molecule has 1 aromatic heterocycles. The van der Waals surface area contributed by atoms with Gasteiger partial charge in [0.1, 0.15) is 0 Å². The number of nitrogens with one attached hydrogen (secondary N) is 1. The third-order valence-corrected chi connectivity index (χ3v) is 4.29. The Bertz CT molecular complexity index is 624. The normalized spacial score (nSPS) is 17.4. The molecule has 0 spiro atoms. The summed E-state index contributed by atoms with van der Waals surface area (Å²) in [4.78, 5) is 9.67. The van der Waals surface area contributed by atoms with E-state index in [1.54, 1.807) is 20.5 Å². The first-order valence-corrected chi connectivity index (χ1v) is 8.30. The zero-order valence-electron chi connectivity index (χ0n) is 14.3. The molecular weight excluding hydrogens is 306 g/mol. The number of ether oxygens (including phenoxy) is 3. The van der Waals surface area contributed by atoms with Gasteiger partial charge in [-0.3, -0.25) is 4.90 Å². The quantitative estimate of drug-likeness (QED) is 0.806. The monoisotopic (exact) mass is 331 g/mol. The van der Waals surface area contributed by atoms with Crippen molar-refractivity contribution in [1.82, 2.24) is 14.9 Å². The molecule has 0 bridgehead atoms. The Labute approximate surface area is 142 Å². The lowest BCUT2D eigenvalue weighted by molar-refractivity contribution is 0.0675. The maximum absolute atomic E-state index is 5.81. The molecule has 2 heterocycles. The number of nitrogens with zero attached hydrogens (tertiary/aromatic N) is 2. The average molecular weight is 331 g/mol. The molecule has 1 atom stereocenters. The van der Waals surface area contributed by atoms with Crippen LogP contribution in [0.5, 0.6) is 11.5 Å². The third-order valence-electron chi connectivity index (χ3n) is 4.29. The highest BCUT2D eigenvalue weighted by molar-refractivity contribution is 5.42. The molecule has 6 heteroatoms. The van der Waals surface area contributed by atoms with Crippen LogP contribution >= 0.6 is 0 Å². The minimum Gasteiger partial charge on any atom is -0.493 e. The lowest BCUT2D eigenvalue weighted by Gasteiger charge is -2.25. The molecule has 1 aliphatic rings. The van der Waals surface area contributed by atoms with E-state index < -0.39 is 0 Å². The molecule has 1 fully saturated rings. The van der Waals surface area contributed by atoms with Crippen LogP contribution < -0.4 is 9.47 Å². The minimum atomic E-state index is 0.313. The SMILES string of the molecule is COc1ccc(CN(Cc2cnc[nH]2)CC2CCCO2)cc1OC. The topological polar surface area (TPSA) is 59.6 Å². The summed E-state index contributed by atoms with van der Waals surface area (Å²) in [5, 5.41) is 0. The van der Waals surface area contributed by atoms with Crippen molar-refractivity contribution >= 4 is 0 Å². The zero-order valence-corrected chi connectivity index (χ0v) is 14.3. The first kappa shape index (κ1) is 16.8. The molecule has 1 unspecified atom stereocenters. The van der Waals surface area contributed by atoms with Crippen LogP contribution in [0.1, 0.15) is 24.1 Å². The van der Waals surface area contributed by atoms with Crippen molar-refractivity contribution in [2.75, 3.05) is 27.4 Å². The summed E-state index contributed by atoms with van der Waals surface area (Å²) in [6.45, 7) is 3.42. The van der Waals surface area contributed by atoms with Crippen molar-refractivity contribution in [3.05, 3.63) is 42.0 Å². The molecular formula is C18H25N3O3. The highest BCUT2D eigenvalue weighted by Gasteiger charge is 2.20. The summed E-state index contributed by atoms with van der Waals surface area (Å²) in [6, 6.07) is 6.07. The second-order valence-electron chi connectivity index (χ2n) is 6.07. The Hall–Kier alpha value is -2.05. The fourth-order valence-corrected chi connectivity index (χ4v) is 3.11. The van der Waals surface area contributed by atoms with Gasteiger partial charge in [0.2, 0.25) is 0 Å². The number of aromatic nitrogens is 2. The van der Waals surface area contributed by atoms with E-state index in [0.29, 0.717) is 6.10 Å². The molecule has 0 aliphatic carbocycles. The third kappa shape index (κ3) is 4.27. The number of rotatable bonds is 8. The zero-order chi connectivity index (χ0) is 16.8. The molecule has 130 valence electrons. The molecule has 1 aromatic carbocycles. The van der Waals surface area contributed by atoms with E-state index in [1.807, 2.05) is 18.3 Å². The lowest BCUT2D eigenvalue weighted by atomic mass is 10.1. The van der Waals surface area contributed by atoms with E-state index >= 15 is 0 Å². The summed E-state index contributed by atoms with van der Waals surface area (Å²) in [5.41, 5.74) is 2.29. The molecule has 1 N–H and O–H groups in total. The van der Waals surface area contributed by atoms with Crippen molar-refractivity contribution in [3.8, 4) is 11.5 Å². The van der Waals surface area contributed by atoms with Crippen LogP contribution in [-0.2, 0) is 17.8 Å². The first-order chi connectivity index (χ1) is 11.8. The second kappa shape index (κ2) is 8.17. The van der Waals surface area contributed by atoms with E-state index in [1.165, 1.54) is 5.56 Å². The van der Waals surface area contributed by atoms with Crippen molar-refractivity contribution in [2.45, 2.75) is 32.0 Å². The molecule has 6 nitrogen and oxygen atoms in total. The summed E-state index contributed by atoms with van der Waals surface area (Å²) in [7, 11) is 3.32. The Morgan fingerprint density at radius 1 is 1.25 bits per heavy atom. The van der Waals surface area contributed by atoms with Crippen LogP contribution in [0.4, 0.5) is 0 Å². The highest BCUT2D eigenvalue weighted by atomic mass is 16.5. The van der Waals surface area contributed by atoms with Gasteiger partial charge in [-0.05, 0) is 30.5 Å². The maximum atomic E-state index is 5.81. The first-order valence-electron chi connectivity index (χ1n) is 8.30. The van der Waals surface area contributed by atoms with Gasteiger partial charge >= 0.3 is 0 Å². The van der Waals surface area contributed by atoms with Crippen molar-refractivity contribution < 1.29 is 14.2 Å². The average Bonchev–Trinajstić information content (AvgIpc) is 3.28. The van der Waals surface area contributed by atoms with Gasteiger partial charge in [-0.25, -0.2) is 4.98 Å². The Balaban J connectivity index is 1.72.